The van der Waals surface area contributed by atoms with Gasteiger partial charge < -0.3 is 25.2 Å². The van der Waals surface area contributed by atoms with Gasteiger partial charge in [-0.15, -0.1) is 11.8 Å². The van der Waals surface area contributed by atoms with Crippen LogP contribution >= 0.6 is 11.8 Å². The van der Waals surface area contributed by atoms with E-state index in [0.717, 1.165) is 29.5 Å². The molecule has 3 aliphatic rings. The highest BCUT2D eigenvalue weighted by Crippen LogP contribution is 2.35. The summed E-state index contributed by atoms with van der Waals surface area (Å²) < 4.78 is 5.07. The fourth-order valence-electron chi connectivity index (χ4n) is 7.89. The first kappa shape index (κ1) is 39.8. The Hall–Kier alpha value is -4.90. The zero-order valence-electron chi connectivity index (χ0n) is 31.5. The third-order valence-electron chi connectivity index (χ3n) is 10.9. The first-order chi connectivity index (χ1) is 26.8. The van der Waals surface area contributed by atoms with Crippen molar-refractivity contribution in [1.82, 2.24) is 20.4 Å². The summed E-state index contributed by atoms with van der Waals surface area (Å²) in [5.41, 5.74) is 2.98. The molecule has 6 rings (SSSR count). The Morgan fingerprint density at radius 1 is 0.727 bits per heavy atom. The largest absolute Gasteiger partial charge is 0.467 e. The van der Waals surface area contributed by atoms with Crippen molar-refractivity contribution in [2.45, 2.75) is 87.8 Å². The molecule has 55 heavy (non-hydrogen) atoms. The molecule has 3 aliphatic heterocycles. The molecule has 2 N–H and O–H groups in total. The Morgan fingerprint density at radius 3 is 1.87 bits per heavy atom. The lowest BCUT2D eigenvalue weighted by Gasteiger charge is -2.40. The molecular formula is C44H52N4O6S. The van der Waals surface area contributed by atoms with Gasteiger partial charge in [0.2, 0.25) is 23.6 Å². The normalized spacial score (nSPS) is 22.4. The van der Waals surface area contributed by atoms with Crippen LogP contribution < -0.4 is 10.6 Å². The van der Waals surface area contributed by atoms with Gasteiger partial charge in [-0.1, -0.05) is 103 Å². The van der Waals surface area contributed by atoms with Gasteiger partial charge in [0.05, 0.1) is 12.5 Å². The molecule has 0 spiro atoms. The van der Waals surface area contributed by atoms with E-state index in [2.05, 4.69) is 10.6 Å². The lowest BCUT2D eigenvalue weighted by Crippen LogP contribution is -2.57. The summed E-state index contributed by atoms with van der Waals surface area (Å²) >= 11 is 1.65. The molecule has 2 fully saturated rings. The second-order valence-electron chi connectivity index (χ2n) is 14.7. The first-order valence-electron chi connectivity index (χ1n) is 19.5. The molecule has 4 amide bonds. The summed E-state index contributed by atoms with van der Waals surface area (Å²) in [5, 5.41) is 6.06. The standard InChI is InChI=1S/C44H52N4O6S/c1-54-44(53)38-21-13-22-39-48(38)43(52)37(25-27-55-39)46-41(50)35(29-32-16-7-3-8-17-32)24-23-34(28-31-14-5-2-6-15-31)40(49)45-36-20-11-12-26-47(42(36)51)30-33-18-9-4-10-19-33/h2-12,14-19,34-39H,13,20-30H2,1H3,(H,45,49)(H,46,50). The molecule has 6 atom stereocenters. The van der Waals surface area contributed by atoms with Gasteiger partial charge in [0.15, 0.2) is 0 Å². The molecule has 6 unspecified atom stereocenters. The molecule has 10 nitrogen and oxygen atoms in total. The van der Waals surface area contributed by atoms with E-state index in [1.54, 1.807) is 21.6 Å². The van der Waals surface area contributed by atoms with Gasteiger partial charge in [0.25, 0.3) is 0 Å². The Balaban J connectivity index is 1.19. The second-order valence-corrected chi connectivity index (χ2v) is 16.0. The third-order valence-corrected chi connectivity index (χ3v) is 12.2. The van der Waals surface area contributed by atoms with E-state index in [0.29, 0.717) is 63.8 Å². The van der Waals surface area contributed by atoms with Crippen LogP contribution in [0.25, 0.3) is 0 Å². The van der Waals surface area contributed by atoms with Gasteiger partial charge in [0.1, 0.15) is 18.1 Å². The van der Waals surface area contributed by atoms with E-state index in [1.165, 1.54) is 7.11 Å². The van der Waals surface area contributed by atoms with Crippen molar-refractivity contribution in [1.29, 1.82) is 0 Å². The lowest BCUT2D eigenvalue weighted by atomic mass is 9.86. The summed E-state index contributed by atoms with van der Waals surface area (Å²) in [4.78, 5) is 72.5. The van der Waals surface area contributed by atoms with Crippen LogP contribution in [0.1, 0.15) is 61.6 Å². The lowest BCUT2D eigenvalue weighted by molar-refractivity contribution is -0.156. The first-order valence-corrected chi connectivity index (χ1v) is 20.5. The highest BCUT2D eigenvalue weighted by molar-refractivity contribution is 7.99. The Labute approximate surface area is 328 Å². The van der Waals surface area contributed by atoms with Gasteiger partial charge >= 0.3 is 5.97 Å². The number of thioether (sulfide) groups is 1. The third kappa shape index (κ3) is 10.7. The summed E-state index contributed by atoms with van der Waals surface area (Å²) in [6, 6.07) is 27.2. The average molecular weight is 765 g/mol. The SMILES string of the molecule is COC(=O)C1CCCC2SCCC(NC(=O)C(CCC(Cc3ccccc3)C(=O)NC3CC=CCN(Cc4ccccc4)C3=O)Cc3ccccc3)C(=O)N21. The van der Waals surface area contributed by atoms with Crippen LogP contribution in [0.3, 0.4) is 0 Å². The van der Waals surface area contributed by atoms with Crippen molar-refractivity contribution in [2.75, 3.05) is 19.4 Å². The molecule has 0 aromatic heterocycles. The molecule has 3 heterocycles. The van der Waals surface area contributed by atoms with Crippen LogP contribution in [0.4, 0.5) is 0 Å². The van der Waals surface area contributed by atoms with Crippen molar-refractivity contribution in [2.24, 2.45) is 11.8 Å². The van der Waals surface area contributed by atoms with E-state index in [9.17, 15) is 24.0 Å². The minimum absolute atomic E-state index is 0.126. The minimum atomic E-state index is -0.773. The fourth-order valence-corrected chi connectivity index (χ4v) is 9.28. The van der Waals surface area contributed by atoms with Crippen LogP contribution in [0.2, 0.25) is 0 Å². The maximum atomic E-state index is 14.3. The van der Waals surface area contributed by atoms with Gasteiger partial charge in [-0.05, 0) is 80.2 Å². The topological polar surface area (TPSA) is 125 Å². The van der Waals surface area contributed by atoms with Crippen molar-refractivity contribution in [3.8, 4) is 0 Å². The Kier molecular flexibility index (Phi) is 14.2. The van der Waals surface area contributed by atoms with Crippen LogP contribution in [-0.4, -0.2) is 82.3 Å². The fraction of sp³-hybridized carbons (Fsp3) is 0.432. The number of carbonyl (C=O) groups excluding carboxylic acids is 5. The summed E-state index contributed by atoms with van der Waals surface area (Å²) in [7, 11) is 1.34. The zero-order valence-corrected chi connectivity index (χ0v) is 32.3. The number of methoxy groups -OCH3 is 1. The van der Waals surface area contributed by atoms with E-state index in [-0.39, 0.29) is 29.0 Å². The summed E-state index contributed by atoms with van der Waals surface area (Å²) in [6.45, 7) is 0.915. The highest BCUT2D eigenvalue weighted by Gasteiger charge is 2.44. The number of rotatable bonds is 14. The number of carbonyl (C=O) groups is 5. The summed E-state index contributed by atoms with van der Waals surface area (Å²) in [5.74, 6) is -1.65. The maximum absolute atomic E-state index is 14.3. The van der Waals surface area contributed by atoms with Crippen molar-refractivity contribution >= 4 is 41.4 Å². The molecule has 290 valence electrons. The zero-order chi connectivity index (χ0) is 38.6. The van der Waals surface area contributed by atoms with E-state index >= 15 is 0 Å². The van der Waals surface area contributed by atoms with Crippen LogP contribution in [0.15, 0.2) is 103 Å². The predicted molar refractivity (Wildman–Crippen MR) is 213 cm³/mol. The average Bonchev–Trinajstić information content (AvgIpc) is 3.48. The molecule has 11 heteroatoms. The van der Waals surface area contributed by atoms with E-state index < -0.39 is 35.9 Å². The van der Waals surface area contributed by atoms with Gasteiger partial charge in [-0.2, -0.15) is 0 Å². The van der Waals surface area contributed by atoms with Crippen LogP contribution in [0, 0.1) is 11.8 Å². The second kappa shape index (κ2) is 19.6. The molecule has 2 saturated heterocycles. The highest BCUT2D eigenvalue weighted by atomic mass is 32.2. The quantitative estimate of drug-likeness (QED) is 0.165. The van der Waals surface area contributed by atoms with Gasteiger partial charge in [0, 0.05) is 24.9 Å². The number of fused-ring (bicyclic) bond motifs is 1. The Morgan fingerprint density at radius 2 is 1.29 bits per heavy atom. The number of hydrogen-bond donors (Lipinski definition) is 2. The van der Waals surface area contributed by atoms with Crippen molar-refractivity contribution in [3.63, 3.8) is 0 Å². The molecule has 0 saturated carbocycles. The molecular weight excluding hydrogens is 713 g/mol. The smallest absolute Gasteiger partial charge is 0.328 e. The van der Waals surface area contributed by atoms with Gasteiger partial charge in [-0.3, -0.25) is 19.2 Å². The minimum Gasteiger partial charge on any atom is -0.467 e. The number of hydrogen-bond acceptors (Lipinski definition) is 7. The monoisotopic (exact) mass is 764 g/mol. The van der Waals surface area contributed by atoms with Crippen molar-refractivity contribution < 1.29 is 28.7 Å². The van der Waals surface area contributed by atoms with Crippen molar-refractivity contribution in [3.05, 3.63) is 120 Å². The molecule has 0 radical (unpaired) electrons. The van der Waals surface area contributed by atoms with Crippen LogP contribution in [-0.2, 0) is 48.1 Å². The number of esters is 1. The molecule has 3 aromatic carbocycles. The summed E-state index contributed by atoms with van der Waals surface area (Å²) in [6.07, 6.45) is 8.58. The number of nitrogens with zero attached hydrogens (tertiary/aromatic N) is 2. The predicted octanol–water partition coefficient (Wildman–Crippen LogP) is 5.46. The number of ether oxygens (including phenoxy) is 1. The van der Waals surface area contributed by atoms with Gasteiger partial charge in [-0.25, -0.2) is 4.79 Å². The van der Waals surface area contributed by atoms with Crippen LogP contribution in [0.5, 0.6) is 0 Å². The number of nitrogens with one attached hydrogen (secondary N) is 2. The molecule has 0 bridgehead atoms. The number of amides is 4. The number of benzene rings is 3. The van der Waals surface area contributed by atoms with E-state index in [1.807, 2.05) is 103 Å². The molecule has 0 aliphatic carbocycles. The Bertz CT molecular complexity index is 1790. The van der Waals surface area contributed by atoms with E-state index in [4.69, 9.17) is 4.74 Å². The molecule has 3 aromatic rings. The number of piperidine rings is 1. The maximum Gasteiger partial charge on any atom is 0.328 e.